The van der Waals surface area contributed by atoms with Crippen LogP contribution in [0.3, 0.4) is 0 Å². The summed E-state index contributed by atoms with van der Waals surface area (Å²) in [5.41, 5.74) is 4.05. The number of benzene rings is 1. The third kappa shape index (κ3) is 3.24. The summed E-state index contributed by atoms with van der Waals surface area (Å²) >= 11 is 7.56. The van der Waals surface area contributed by atoms with Crippen LogP contribution >= 0.6 is 22.9 Å². The Morgan fingerprint density at radius 2 is 1.88 bits per heavy atom. The minimum atomic E-state index is -2.68. The Labute approximate surface area is 200 Å². The number of thiophene rings is 1. The van der Waals surface area contributed by atoms with E-state index in [9.17, 15) is 8.78 Å². The van der Waals surface area contributed by atoms with E-state index in [0.717, 1.165) is 27.0 Å². The second kappa shape index (κ2) is 7.78. The van der Waals surface area contributed by atoms with Gasteiger partial charge in [0.15, 0.2) is 11.5 Å². The molecule has 6 rings (SSSR count). The summed E-state index contributed by atoms with van der Waals surface area (Å²) in [6.45, 7) is 4.08. The van der Waals surface area contributed by atoms with Crippen molar-refractivity contribution in [2.75, 3.05) is 0 Å². The van der Waals surface area contributed by atoms with E-state index in [-0.39, 0.29) is 5.69 Å². The molecule has 0 amide bonds. The molecule has 11 heteroatoms. The van der Waals surface area contributed by atoms with E-state index in [1.165, 1.54) is 17.4 Å². The van der Waals surface area contributed by atoms with E-state index in [1.807, 2.05) is 44.2 Å². The first-order valence-electron chi connectivity index (χ1n) is 10.4. The molecule has 34 heavy (non-hydrogen) atoms. The molecule has 0 atom stereocenters. The number of fused-ring (bicyclic) bond motifs is 5. The number of aryl methyl sites for hydroxylation is 1. The molecule has 1 aromatic carbocycles. The van der Waals surface area contributed by atoms with Gasteiger partial charge in [-0.1, -0.05) is 41.9 Å². The highest BCUT2D eigenvalue weighted by Crippen LogP contribution is 2.40. The summed E-state index contributed by atoms with van der Waals surface area (Å²) < 4.78 is 31.4. The maximum absolute atomic E-state index is 13.7. The van der Waals surface area contributed by atoms with E-state index in [0.29, 0.717) is 38.9 Å². The van der Waals surface area contributed by atoms with E-state index in [1.54, 1.807) is 15.5 Å². The van der Waals surface area contributed by atoms with Crippen molar-refractivity contribution in [3.8, 4) is 11.1 Å². The number of nitrogens with zero attached hydrogens (tertiary/aromatic N) is 7. The molecular formula is C23H16ClF2N7S. The molecule has 170 valence electrons. The fraction of sp³-hybridized carbons (Fsp3) is 0.174. The van der Waals surface area contributed by atoms with E-state index in [4.69, 9.17) is 16.6 Å². The molecular weight excluding hydrogens is 480 g/mol. The van der Waals surface area contributed by atoms with Gasteiger partial charge in [-0.3, -0.25) is 4.68 Å². The van der Waals surface area contributed by atoms with Gasteiger partial charge in [0, 0.05) is 5.39 Å². The first-order chi connectivity index (χ1) is 16.4. The van der Waals surface area contributed by atoms with Gasteiger partial charge in [0.25, 0.3) is 6.43 Å². The largest absolute Gasteiger partial charge is 0.280 e. The minimum Gasteiger partial charge on any atom is -0.260 e. The lowest BCUT2D eigenvalue weighted by Gasteiger charge is -2.07. The molecule has 0 aliphatic rings. The molecule has 0 aliphatic carbocycles. The van der Waals surface area contributed by atoms with E-state index < -0.39 is 6.43 Å². The molecule has 0 bridgehead atoms. The molecule has 0 saturated carbocycles. The lowest BCUT2D eigenvalue weighted by Crippen LogP contribution is -2.05. The zero-order valence-electron chi connectivity index (χ0n) is 18.0. The van der Waals surface area contributed by atoms with Crippen LogP contribution in [0.2, 0.25) is 5.02 Å². The molecule has 0 spiro atoms. The van der Waals surface area contributed by atoms with Crippen molar-refractivity contribution < 1.29 is 8.78 Å². The average Bonchev–Trinajstić information content (AvgIpc) is 3.49. The predicted octanol–water partition coefficient (Wildman–Crippen LogP) is 6.01. The van der Waals surface area contributed by atoms with Crippen molar-refractivity contribution in [3.63, 3.8) is 0 Å². The zero-order chi connectivity index (χ0) is 23.6. The van der Waals surface area contributed by atoms with Gasteiger partial charge in [-0.15, -0.1) is 16.4 Å². The highest BCUT2D eigenvalue weighted by atomic mass is 35.5. The van der Waals surface area contributed by atoms with Crippen molar-refractivity contribution in [1.82, 2.24) is 34.3 Å². The Balaban J connectivity index is 1.57. The second-order valence-electron chi connectivity index (χ2n) is 7.90. The van der Waals surface area contributed by atoms with E-state index in [2.05, 4.69) is 20.2 Å². The van der Waals surface area contributed by atoms with Crippen molar-refractivity contribution in [2.45, 2.75) is 26.8 Å². The Kier molecular flexibility index (Phi) is 4.82. The summed E-state index contributed by atoms with van der Waals surface area (Å²) in [5.74, 6) is 0.540. The van der Waals surface area contributed by atoms with Crippen LogP contribution in [0.25, 0.3) is 37.2 Å². The van der Waals surface area contributed by atoms with Crippen molar-refractivity contribution in [1.29, 1.82) is 0 Å². The van der Waals surface area contributed by atoms with Crippen molar-refractivity contribution >= 4 is 49.0 Å². The number of hydrogen-bond donors (Lipinski definition) is 0. The fourth-order valence-corrected chi connectivity index (χ4v) is 5.35. The summed E-state index contributed by atoms with van der Waals surface area (Å²) in [6, 6.07) is 10.9. The van der Waals surface area contributed by atoms with Gasteiger partial charge < -0.3 is 0 Å². The number of hydrogen-bond acceptors (Lipinski definition) is 6. The van der Waals surface area contributed by atoms with Crippen molar-refractivity contribution in [3.05, 3.63) is 70.7 Å². The number of aromatic nitrogens is 7. The number of rotatable bonds is 4. The first kappa shape index (κ1) is 21.1. The fourth-order valence-electron chi connectivity index (χ4n) is 4.08. The van der Waals surface area contributed by atoms with Crippen LogP contribution in [0.4, 0.5) is 8.78 Å². The van der Waals surface area contributed by atoms with Gasteiger partial charge in [-0.05, 0) is 31.0 Å². The molecule has 0 N–H and O–H groups in total. The maximum atomic E-state index is 13.7. The van der Waals surface area contributed by atoms with Crippen LogP contribution in [0.5, 0.6) is 0 Å². The molecule has 0 radical (unpaired) electrons. The van der Waals surface area contributed by atoms with E-state index >= 15 is 0 Å². The Hall–Kier alpha value is -3.50. The quantitative estimate of drug-likeness (QED) is 0.299. The lowest BCUT2D eigenvalue weighted by molar-refractivity contribution is 0.146. The van der Waals surface area contributed by atoms with Gasteiger partial charge in [-0.25, -0.2) is 28.2 Å². The Morgan fingerprint density at radius 3 is 2.59 bits per heavy atom. The van der Waals surface area contributed by atoms with Crippen LogP contribution in [0, 0.1) is 13.8 Å². The second-order valence-corrected chi connectivity index (χ2v) is 9.28. The molecule has 5 aromatic heterocycles. The lowest BCUT2D eigenvalue weighted by atomic mass is 10.0. The van der Waals surface area contributed by atoms with Crippen LogP contribution in [-0.2, 0) is 6.54 Å². The van der Waals surface area contributed by atoms with Gasteiger partial charge in [0.1, 0.15) is 28.1 Å². The highest BCUT2D eigenvalue weighted by Gasteiger charge is 2.21. The summed E-state index contributed by atoms with van der Waals surface area (Å²) in [7, 11) is 0. The molecule has 0 saturated heterocycles. The monoisotopic (exact) mass is 495 g/mol. The third-order valence-electron chi connectivity index (χ3n) is 5.72. The normalized spacial score (nSPS) is 12.1. The Bertz CT molecular complexity index is 1710. The zero-order valence-corrected chi connectivity index (χ0v) is 19.6. The van der Waals surface area contributed by atoms with Crippen LogP contribution in [0.15, 0.2) is 42.7 Å². The Morgan fingerprint density at radius 1 is 1.09 bits per heavy atom. The number of halogens is 3. The topological polar surface area (TPSA) is 73.8 Å². The predicted molar refractivity (Wildman–Crippen MR) is 128 cm³/mol. The third-order valence-corrected chi connectivity index (χ3v) is 7.34. The summed E-state index contributed by atoms with van der Waals surface area (Å²) in [4.78, 5) is 14.1. The van der Waals surface area contributed by atoms with Gasteiger partial charge in [-0.2, -0.15) is 5.10 Å². The average molecular weight is 496 g/mol. The van der Waals surface area contributed by atoms with Crippen LogP contribution in [-0.4, -0.2) is 34.3 Å². The standard InChI is InChI=1S/C23H16ClF2N7S/c1-11-18(24)12(2)32(30-11)9-16-29-22-20-19(27-10-33(22)31-16)17-14(13-6-4-3-5-7-13)8-15(21(25)26)28-23(17)34-20/h3-8,10,21H,9H2,1-2H3. The molecule has 0 fully saturated rings. The minimum absolute atomic E-state index is 0.266. The maximum Gasteiger partial charge on any atom is 0.280 e. The molecule has 6 aromatic rings. The first-order valence-corrected chi connectivity index (χ1v) is 11.6. The van der Waals surface area contributed by atoms with Gasteiger partial charge >= 0.3 is 0 Å². The van der Waals surface area contributed by atoms with Crippen LogP contribution < -0.4 is 0 Å². The smallest absolute Gasteiger partial charge is 0.260 e. The summed E-state index contributed by atoms with van der Waals surface area (Å²) in [6.07, 6.45) is -1.10. The molecule has 7 nitrogen and oxygen atoms in total. The molecule has 0 aliphatic heterocycles. The number of pyridine rings is 1. The molecule has 0 unspecified atom stereocenters. The van der Waals surface area contributed by atoms with Gasteiger partial charge in [0.2, 0.25) is 0 Å². The number of alkyl halides is 2. The summed E-state index contributed by atoms with van der Waals surface area (Å²) in [5, 5.41) is 10.3. The SMILES string of the molecule is Cc1nn(Cc2nc3c4sc5nc(C(F)F)cc(-c6ccccc6)c5c4ncn3n2)c(C)c1Cl. The molecule has 5 heterocycles. The van der Waals surface area contributed by atoms with Crippen LogP contribution in [0.1, 0.15) is 29.3 Å². The highest BCUT2D eigenvalue weighted by molar-refractivity contribution is 7.26. The van der Waals surface area contributed by atoms with Gasteiger partial charge in [0.05, 0.1) is 21.9 Å². The van der Waals surface area contributed by atoms with Crippen molar-refractivity contribution in [2.24, 2.45) is 0 Å².